The summed E-state index contributed by atoms with van der Waals surface area (Å²) in [5.74, 6) is 0. The Bertz CT molecular complexity index is 491. The first-order valence-electron chi connectivity index (χ1n) is 5.66. The summed E-state index contributed by atoms with van der Waals surface area (Å²) in [5, 5.41) is 20.6. The zero-order valence-corrected chi connectivity index (χ0v) is 11.0. The van der Waals surface area contributed by atoms with Gasteiger partial charge in [0.1, 0.15) is 0 Å². The molecule has 0 radical (unpaired) electrons. The molecule has 2 N–H and O–H groups in total. The van der Waals surface area contributed by atoms with Crippen molar-refractivity contribution in [3.63, 3.8) is 0 Å². The Kier molecular flexibility index (Phi) is 4.49. The molecule has 0 saturated heterocycles. The van der Waals surface area contributed by atoms with E-state index in [9.17, 15) is 10.0 Å². The highest BCUT2D eigenvalue weighted by molar-refractivity contribution is 7.07. The highest BCUT2D eigenvalue weighted by Crippen LogP contribution is 2.07. The molecule has 2 aromatic rings. The second-order valence-electron chi connectivity index (χ2n) is 4.22. The fourth-order valence-electron chi connectivity index (χ4n) is 1.87. The van der Waals surface area contributed by atoms with Gasteiger partial charge >= 0.3 is 7.12 Å². The normalized spacial score (nSPS) is 10.9. The zero-order chi connectivity index (χ0) is 13.0. The van der Waals surface area contributed by atoms with Crippen molar-refractivity contribution >= 4 is 23.9 Å². The number of hydrogen-bond donors (Lipinski definition) is 2. The van der Waals surface area contributed by atoms with Gasteiger partial charge in [0.15, 0.2) is 0 Å². The minimum absolute atomic E-state index is 0.558. The average Bonchev–Trinajstić information content (AvgIpc) is 2.82. The lowest BCUT2D eigenvalue weighted by molar-refractivity contribution is 0.316. The molecule has 0 unspecified atom stereocenters. The van der Waals surface area contributed by atoms with Gasteiger partial charge in [0.05, 0.1) is 11.2 Å². The molecule has 0 saturated carbocycles. The van der Waals surface area contributed by atoms with Gasteiger partial charge in [-0.25, -0.2) is 4.98 Å². The van der Waals surface area contributed by atoms with Crippen molar-refractivity contribution in [3.8, 4) is 0 Å². The number of hydrogen-bond acceptors (Lipinski definition) is 5. The summed E-state index contributed by atoms with van der Waals surface area (Å²) in [6.45, 7) is 1.41. The molecule has 0 fully saturated rings. The van der Waals surface area contributed by atoms with Crippen LogP contribution in [-0.2, 0) is 13.1 Å². The molecule has 0 atom stereocenters. The van der Waals surface area contributed by atoms with Crippen LogP contribution in [0.1, 0.15) is 11.3 Å². The predicted molar refractivity (Wildman–Crippen MR) is 73.6 cm³/mol. The monoisotopic (exact) mass is 262 g/mol. The Balaban J connectivity index is 2.04. The lowest BCUT2D eigenvalue weighted by Crippen LogP contribution is -2.34. The van der Waals surface area contributed by atoms with Crippen LogP contribution in [-0.4, -0.2) is 34.1 Å². The number of rotatable bonds is 5. The van der Waals surface area contributed by atoms with Crippen LogP contribution in [0, 0.1) is 0 Å². The third-order valence-electron chi connectivity index (χ3n) is 2.69. The molecule has 0 aliphatic rings. The second kappa shape index (κ2) is 6.11. The van der Waals surface area contributed by atoms with Gasteiger partial charge in [-0.3, -0.25) is 4.90 Å². The second-order valence-corrected chi connectivity index (χ2v) is 4.94. The van der Waals surface area contributed by atoms with Gasteiger partial charge in [-0.2, -0.15) is 0 Å². The van der Waals surface area contributed by atoms with E-state index >= 15 is 0 Å². The summed E-state index contributed by atoms with van der Waals surface area (Å²) in [6, 6.07) is 7.35. The third-order valence-corrected chi connectivity index (χ3v) is 3.32. The van der Waals surface area contributed by atoms with Gasteiger partial charge in [-0.05, 0) is 18.1 Å². The Hall–Kier alpha value is -1.21. The SMILES string of the molecule is CN(Cc1cscn1)Cc1ccccc1B(O)O. The first kappa shape index (κ1) is 13.2. The molecule has 0 bridgehead atoms. The van der Waals surface area contributed by atoms with E-state index < -0.39 is 7.12 Å². The van der Waals surface area contributed by atoms with Crippen LogP contribution in [0.25, 0.3) is 0 Å². The summed E-state index contributed by atoms with van der Waals surface area (Å²) in [4.78, 5) is 6.33. The fourth-order valence-corrected chi connectivity index (χ4v) is 2.42. The van der Waals surface area contributed by atoms with Crippen molar-refractivity contribution in [2.24, 2.45) is 0 Å². The summed E-state index contributed by atoms with van der Waals surface area (Å²) in [7, 11) is 0.564. The maximum absolute atomic E-state index is 9.30. The Labute approximate surface area is 111 Å². The van der Waals surface area contributed by atoms with Gasteiger partial charge in [0.2, 0.25) is 0 Å². The molecule has 6 heteroatoms. The topological polar surface area (TPSA) is 56.6 Å². The maximum atomic E-state index is 9.30. The van der Waals surface area contributed by atoms with Crippen molar-refractivity contribution in [3.05, 3.63) is 46.4 Å². The quantitative estimate of drug-likeness (QED) is 0.768. The zero-order valence-electron chi connectivity index (χ0n) is 10.2. The van der Waals surface area contributed by atoms with Gasteiger partial charge in [-0.15, -0.1) is 11.3 Å². The van der Waals surface area contributed by atoms with Crippen molar-refractivity contribution < 1.29 is 10.0 Å². The van der Waals surface area contributed by atoms with Crippen molar-refractivity contribution in [1.82, 2.24) is 9.88 Å². The van der Waals surface area contributed by atoms with Crippen LogP contribution < -0.4 is 5.46 Å². The summed E-state index contributed by atoms with van der Waals surface area (Å²) < 4.78 is 0. The molecule has 1 aromatic carbocycles. The molecule has 4 nitrogen and oxygen atoms in total. The lowest BCUT2D eigenvalue weighted by atomic mass is 9.77. The lowest BCUT2D eigenvalue weighted by Gasteiger charge is -2.17. The number of nitrogens with zero attached hydrogens (tertiary/aromatic N) is 2. The van der Waals surface area contributed by atoms with E-state index in [2.05, 4.69) is 9.88 Å². The number of thiazole rings is 1. The van der Waals surface area contributed by atoms with E-state index in [1.165, 1.54) is 0 Å². The van der Waals surface area contributed by atoms with Crippen LogP contribution in [0.4, 0.5) is 0 Å². The van der Waals surface area contributed by atoms with Crippen LogP contribution in [0.5, 0.6) is 0 Å². The van der Waals surface area contributed by atoms with Gasteiger partial charge in [0, 0.05) is 18.5 Å². The van der Waals surface area contributed by atoms with E-state index in [0.29, 0.717) is 12.0 Å². The van der Waals surface area contributed by atoms with E-state index in [1.807, 2.05) is 30.1 Å². The van der Waals surface area contributed by atoms with Crippen molar-refractivity contribution in [1.29, 1.82) is 0 Å². The third kappa shape index (κ3) is 3.40. The molecule has 0 aliphatic heterocycles. The van der Waals surface area contributed by atoms with Crippen LogP contribution >= 0.6 is 11.3 Å². The molecular formula is C12H15BN2O2S. The molecular weight excluding hydrogens is 247 g/mol. The Morgan fingerprint density at radius 3 is 2.72 bits per heavy atom. The average molecular weight is 262 g/mol. The fraction of sp³-hybridized carbons (Fsp3) is 0.250. The molecule has 94 valence electrons. The smallest absolute Gasteiger partial charge is 0.423 e. The van der Waals surface area contributed by atoms with E-state index in [4.69, 9.17) is 0 Å². The first-order chi connectivity index (χ1) is 8.66. The molecule has 0 spiro atoms. The number of aromatic nitrogens is 1. The minimum Gasteiger partial charge on any atom is -0.423 e. The summed E-state index contributed by atoms with van der Waals surface area (Å²) >= 11 is 1.58. The highest BCUT2D eigenvalue weighted by Gasteiger charge is 2.16. The first-order valence-corrected chi connectivity index (χ1v) is 6.60. The van der Waals surface area contributed by atoms with Crippen LogP contribution in [0.2, 0.25) is 0 Å². The van der Waals surface area contributed by atoms with Crippen molar-refractivity contribution in [2.75, 3.05) is 7.05 Å². The molecule has 2 rings (SSSR count). The van der Waals surface area contributed by atoms with Crippen molar-refractivity contribution in [2.45, 2.75) is 13.1 Å². The minimum atomic E-state index is -1.42. The molecule has 0 aliphatic carbocycles. The maximum Gasteiger partial charge on any atom is 0.488 e. The highest BCUT2D eigenvalue weighted by atomic mass is 32.1. The Morgan fingerprint density at radius 2 is 2.06 bits per heavy atom. The molecule has 18 heavy (non-hydrogen) atoms. The van der Waals surface area contributed by atoms with E-state index in [1.54, 1.807) is 23.5 Å². The molecule has 1 heterocycles. The van der Waals surface area contributed by atoms with Gasteiger partial charge in [-0.1, -0.05) is 24.3 Å². The number of benzene rings is 1. The standard InChI is InChI=1S/C12H15BN2O2S/c1-15(7-11-8-18-9-14-11)6-10-4-2-3-5-12(10)13(16)17/h2-5,8-9,16-17H,6-7H2,1H3. The van der Waals surface area contributed by atoms with Crippen LogP contribution in [0.15, 0.2) is 35.2 Å². The van der Waals surface area contributed by atoms with E-state index in [-0.39, 0.29) is 0 Å². The largest absolute Gasteiger partial charge is 0.488 e. The van der Waals surface area contributed by atoms with Crippen LogP contribution in [0.3, 0.4) is 0 Å². The van der Waals surface area contributed by atoms with Gasteiger partial charge in [0.25, 0.3) is 0 Å². The summed E-state index contributed by atoms with van der Waals surface area (Å²) in [5.41, 5.74) is 4.33. The Morgan fingerprint density at radius 1 is 1.28 bits per heavy atom. The van der Waals surface area contributed by atoms with Gasteiger partial charge < -0.3 is 10.0 Å². The molecule has 1 aromatic heterocycles. The predicted octanol–water partition coefficient (Wildman–Crippen LogP) is 0.455. The molecule has 0 amide bonds. The summed E-state index contributed by atoms with van der Waals surface area (Å²) in [6.07, 6.45) is 0. The van der Waals surface area contributed by atoms with E-state index in [0.717, 1.165) is 17.8 Å².